The monoisotopic (exact) mass is 294 g/mol. The summed E-state index contributed by atoms with van der Waals surface area (Å²) in [6.07, 6.45) is -1.07. The maximum atomic E-state index is 11.6. The number of carbonyl (C=O) groups is 2. The van der Waals surface area contributed by atoms with E-state index in [9.17, 15) is 14.7 Å². The van der Waals surface area contributed by atoms with Crippen LogP contribution in [0.2, 0.25) is 0 Å². The van der Waals surface area contributed by atoms with Crippen molar-refractivity contribution in [3.8, 4) is 0 Å². The van der Waals surface area contributed by atoms with E-state index >= 15 is 0 Å². The van der Waals surface area contributed by atoms with E-state index in [1.165, 1.54) is 6.92 Å². The third kappa shape index (κ3) is 4.29. The van der Waals surface area contributed by atoms with E-state index in [0.717, 1.165) is 5.56 Å². The lowest BCUT2D eigenvalue weighted by Crippen LogP contribution is -2.49. The zero-order valence-corrected chi connectivity index (χ0v) is 13.7. The SMILES string of the molecule is CC.CC.Cc1ccc(C(O)C2(C)NC(=O)NC2=O)cc1. The van der Waals surface area contributed by atoms with E-state index in [0.29, 0.717) is 5.56 Å². The third-order valence-electron chi connectivity index (χ3n) is 3.01. The molecule has 3 amide bonds. The Morgan fingerprint density at radius 3 is 1.90 bits per heavy atom. The van der Waals surface area contributed by atoms with Gasteiger partial charge in [-0.15, -0.1) is 0 Å². The van der Waals surface area contributed by atoms with Crippen molar-refractivity contribution in [2.75, 3.05) is 0 Å². The van der Waals surface area contributed by atoms with Crippen molar-refractivity contribution in [1.29, 1.82) is 0 Å². The van der Waals surface area contributed by atoms with E-state index < -0.39 is 23.6 Å². The molecule has 1 saturated heterocycles. The van der Waals surface area contributed by atoms with Crippen molar-refractivity contribution in [1.82, 2.24) is 10.6 Å². The lowest BCUT2D eigenvalue weighted by Gasteiger charge is -2.27. The summed E-state index contributed by atoms with van der Waals surface area (Å²) in [6, 6.07) is 6.59. The first kappa shape index (κ1) is 19.1. The van der Waals surface area contributed by atoms with Crippen LogP contribution in [0.25, 0.3) is 0 Å². The Morgan fingerprint density at radius 2 is 1.52 bits per heavy atom. The van der Waals surface area contributed by atoms with Gasteiger partial charge in [-0.1, -0.05) is 57.5 Å². The van der Waals surface area contributed by atoms with Gasteiger partial charge in [-0.2, -0.15) is 0 Å². The molecule has 1 aromatic rings. The molecule has 2 unspecified atom stereocenters. The number of carbonyl (C=O) groups excluding carboxylic acids is 2. The normalized spacial score (nSPS) is 21.1. The number of hydrogen-bond acceptors (Lipinski definition) is 3. The number of aliphatic hydroxyl groups excluding tert-OH is 1. The van der Waals surface area contributed by atoms with E-state index in [1.54, 1.807) is 12.1 Å². The minimum Gasteiger partial charge on any atom is -0.385 e. The molecule has 1 heterocycles. The highest BCUT2D eigenvalue weighted by Crippen LogP contribution is 2.28. The second-order valence-corrected chi connectivity index (χ2v) is 4.42. The maximum Gasteiger partial charge on any atom is 0.322 e. The predicted molar refractivity (Wildman–Crippen MR) is 83.9 cm³/mol. The molecule has 2 rings (SSSR count). The number of benzene rings is 1. The molecule has 0 spiro atoms. The van der Waals surface area contributed by atoms with Crippen molar-refractivity contribution in [3.05, 3.63) is 35.4 Å². The predicted octanol–water partition coefficient (Wildman–Crippen LogP) is 2.68. The molecule has 5 nitrogen and oxygen atoms in total. The van der Waals surface area contributed by atoms with Crippen molar-refractivity contribution in [3.63, 3.8) is 0 Å². The fourth-order valence-corrected chi connectivity index (χ4v) is 1.83. The first-order valence-electron chi connectivity index (χ1n) is 7.32. The van der Waals surface area contributed by atoms with Gasteiger partial charge < -0.3 is 10.4 Å². The summed E-state index contributed by atoms with van der Waals surface area (Å²) in [5.41, 5.74) is 0.341. The van der Waals surface area contributed by atoms with Gasteiger partial charge in [0.05, 0.1) is 0 Å². The summed E-state index contributed by atoms with van der Waals surface area (Å²) in [4.78, 5) is 22.7. The molecule has 1 fully saturated rings. The Hall–Kier alpha value is -1.88. The molecule has 1 aliphatic rings. The molecule has 0 aromatic heterocycles. The standard InChI is InChI=1S/C12H14N2O3.2C2H6/c1-7-3-5-8(6-4-7)9(15)12(2)10(16)13-11(17)14-12;2*1-2/h3-6,9,15H,1-2H3,(H2,13,14,16,17);2*1-2H3. The number of aryl methyl sites for hydroxylation is 1. The Kier molecular flexibility index (Phi) is 7.66. The van der Waals surface area contributed by atoms with E-state index in [1.807, 2.05) is 46.8 Å². The van der Waals surface area contributed by atoms with Crippen LogP contribution >= 0.6 is 0 Å². The molecule has 0 bridgehead atoms. The van der Waals surface area contributed by atoms with Crippen LogP contribution in [0.15, 0.2) is 24.3 Å². The number of nitrogens with one attached hydrogen (secondary N) is 2. The van der Waals surface area contributed by atoms with Gasteiger partial charge in [-0.25, -0.2) is 4.79 Å². The first-order chi connectivity index (χ1) is 9.93. The van der Waals surface area contributed by atoms with Crippen LogP contribution < -0.4 is 10.6 Å². The zero-order valence-electron chi connectivity index (χ0n) is 13.7. The molecule has 1 aliphatic heterocycles. The molecule has 21 heavy (non-hydrogen) atoms. The number of amides is 3. The van der Waals surface area contributed by atoms with Crippen molar-refractivity contribution < 1.29 is 14.7 Å². The van der Waals surface area contributed by atoms with Gasteiger partial charge in [0.15, 0.2) is 0 Å². The molecule has 118 valence electrons. The average Bonchev–Trinajstić information content (AvgIpc) is 2.77. The van der Waals surface area contributed by atoms with Crippen LogP contribution in [-0.4, -0.2) is 22.6 Å². The minimum atomic E-state index is -1.31. The van der Waals surface area contributed by atoms with Gasteiger partial charge in [0.25, 0.3) is 5.91 Å². The van der Waals surface area contributed by atoms with E-state index in [-0.39, 0.29) is 0 Å². The lowest BCUT2D eigenvalue weighted by molar-refractivity contribution is -0.127. The van der Waals surface area contributed by atoms with Crippen LogP contribution in [0.5, 0.6) is 0 Å². The number of imide groups is 1. The topological polar surface area (TPSA) is 78.4 Å². The fraction of sp³-hybridized carbons (Fsp3) is 0.500. The first-order valence-corrected chi connectivity index (χ1v) is 7.32. The van der Waals surface area contributed by atoms with Crippen LogP contribution in [0, 0.1) is 6.92 Å². The molecule has 3 N–H and O–H groups in total. The fourth-order valence-electron chi connectivity index (χ4n) is 1.83. The summed E-state index contributed by atoms with van der Waals surface area (Å²) in [5, 5.41) is 14.7. The second kappa shape index (κ2) is 8.42. The zero-order chi connectivity index (χ0) is 16.6. The van der Waals surface area contributed by atoms with Crippen LogP contribution in [0.4, 0.5) is 4.79 Å². The quantitative estimate of drug-likeness (QED) is 0.734. The number of rotatable bonds is 2. The van der Waals surface area contributed by atoms with Gasteiger partial charge in [0.2, 0.25) is 0 Å². The number of hydrogen-bond donors (Lipinski definition) is 3. The van der Waals surface area contributed by atoms with Gasteiger partial charge in [-0.05, 0) is 19.4 Å². The van der Waals surface area contributed by atoms with Crippen LogP contribution in [-0.2, 0) is 4.79 Å². The highest BCUT2D eigenvalue weighted by atomic mass is 16.3. The molecule has 0 radical (unpaired) electrons. The average molecular weight is 294 g/mol. The van der Waals surface area contributed by atoms with Gasteiger partial charge in [-0.3, -0.25) is 10.1 Å². The molecular formula is C16H26N2O3. The second-order valence-electron chi connectivity index (χ2n) is 4.42. The molecule has 1 aromatic carbocycles. The smallest absolute Gasteiger partial charge is 0.322 e. The summed E-state index contributed by atoms with van der Waals surface area (Å²) in [5.74, 6) is -0.518. The minimum absolute atomic E-state index is 0.518. The highest BCUT2D eigenvalue weighted by molar-refractivity contribution is 6.07. The Labute approximate surface area is 126 Å². The van der Waals surface area contributed by atoms with Crippen molar-refractivity contribution >= 4 is 11.9 Å². The maximum absolute atomic E-state index is 11.6. The summed E-state index contributed by atoms with van der Waals surface area (Å²) >= 11 is 0. The molecule has 2 atom stereocenters. The van der Waals surface area contributed by atoms with E-state index in [2.05, 4.69) is 10.6 Å². The molecule has 0 saturated carbocycles. The van der Waals surface area contributed by atoms with Gasteiger partial charge in [0, 0.05) is 0 Å². The van der Waals surface area contributed by atoms with Crippen molar-refractivity contribution in [2.45, 2.75) is 53.2 Å². The summed E-state index contributed by atoms with van der Waals surface area (Å²) in [6.45, 7) is 11.4. The van der Waals surface area contributed by atoms with Crippen LogP contribution in [0.3, 0.4) is 0 Å². The highest BCUT2D eigenvalue weighted by Gasteiger charge is 2.48. The lowest BCUT2D eigenvalue weighted by atomic mass is 9.89. The summed E-state index contributed by atoms with van der Waals surface area (Å²) < 4.78 is 0. The van der Waals surface area contributed by atoms with Crippen LogP contribution in [0.1, 0.15) is 51.8 Å². The van der Waals surface area contributed by atoms with Gasteiger partial charge >= 0.3 is 6.03 Å². The number of aliphatic hydroxyl groups is 1. The number of urea groups is 1. The van der Waals surface area contributed by atoms with Gasteiger partial charge in [0.1, 0.15) is 11.6 Å². The third-order valence-corrected chi connectivity index (χ3v) is 3.01. The van der Waals surface area contributed by atoms with E-state index in [4.69, 9.17) is 0 Å². The Bertz CT molecular complexity index is 471. The summed E-state index contributed by atoms with van der Waals surface area (Å²) in [7, 11) is 0. The molecule has 5 heteroatoms. The van der Waals surface area contributed by atoms with Crippen molar-refractivity contribution in [2.24, 2.45) is 0 Å². The molecular weight excluding hydrogens is 268 g/mol. The Morgan fingerprint density at radius 1 is 1.05 bits per heavy atom. The largest absolute Gasteiger partial charge is 0.385 e. The molecule has 0 aliphatic carbocycles. The Balaban J connectivity index is 0.000000921.